The fourth-order valence-electron chi connectivity index (χ4n) is 4.72. The zero-order chi connectivity index (χ0) is 27.4. The molecular weight excluding hydrogens is 588 g/mol. The molecule has 2 N–H and O–H groups in total. The number of thiazole rings is 1. The van der Waals surface area contributed by atoms with Gasteiger partial charge in [-0.05, 0) is 76.4 Å². The summed E-state index contributed by atoms with van der Waals surface area (Å²) in [7, 11) is 1.40. The van der Waals surface area contributed by atoms with Gasteiger partial charge < -0.3 is 24.4 Å². The topological polar surface area (TPSA) is 118 Å². The summed E-state index contributed by atoms with van der Waals surface area (Å²) in [5.74, 6) is -1.15. The number of ketones is 1. The predicted octanol–water partition coefficient (Wildman–Crippen LogP) is 5.48. The Kier molecular flexibility index (Phi) is 6.19. The summed E-state index contributed by atoms with van der Waals surface area (Å²) >= 11 is 4.60. The first-order chi connectivity index (χ1) is 18.8. The number of fused-ring (bicyclic) bond motifs is 2. The third-order valence-electron chi connectivity index (χ3n) is 6.59. The highest BCUT2D eigenvalue weighted by molar-refractivity contribution is 9.10. The van der Waals surface area contributed by atoms with Crippen LogP contribution in [-0.4, -0.2) is 47.2 Å². The summed E-state index contributed by atoms with van der Waals surface area (Å²) in [6.07, 6.45) is 0. The average molecular weight is 609 g/mol. The maximum Gasteiger partial charge on any atom is 0.301 e. The second kappa shape index (κ2) is 9.58. The molecule has 2 aliphatic heterocycles. The largest absolute Gasteiger partial charge is 0.507 e. The Balaban J connectivity index is 1.58. The van der Waals surface area contributed by atoms with Crippen molar-refractivity contribution in [1.82, 2.24) is 4.98 Å². The van der Waals surface area contributed by atoms with E-state index in [4.69, 9.17) is 14.2 Å². The number of aliphatic hydroxyl groups excluding tert-OH is 1. The van der Waals surface area contributed by atoms with E-state index in [1.165, 1.54) is 29.4 Å². The van der Waals surface area contributed by atoms with Gasteiger partial charge in [0.15, 0.2) is 28.1 Å². The lowest BCUT2D eigenvalue weighted by molar-refractivity contribution is -0.132. The Hall–Kier alpha value is -4.09. The molecule has 4 aromatic rings. The molecule has 0 bridgehead atoms. The fourth-order valence-corrected chi connectivity index (χ4v) is 6.27. The monoisotopic (exact) mass is 608 g/mol. The molecule has 0 aliphatic carbocycles. The number of aliphatic hydroxyl groups is 1. The quantitative estimate of drug-likeness (QED) is 0.178. The molecule has 1 fully saturated rings. The summed E-state index contributed by atoms with van der Waals surface area (Å²) < 4.78 is 17.7. The number of phenols is 1. The maximum atomic E-state index is 13.6. The number of benzene rings is 3. The van der Waals surface area contributed by atoms with Gasteiger partial charge in [-0.1, -0.05) is 17.4 Å². The maximum absolute atomic E-state index is 13.6. The van der Waals surface area contributed by atoms with E-state index in [2.05, 4.69) is 20.9 Å². The van der Waals surface area contributed by atoms with Crippen molar-refractivity contribution < 1.29 is 34.0 Å². The van der Waals surface area contributed by atoms with E-state index in [-0.39, 0.29) is 28.4 Å². The van der Waals surface area contributed by atoms with Gasteiger partial charge in [0.25, 0.3) is 5.78 Å². The number of halogens is 1. The highest BCUT2D eigenvalue weighted by Gasteiger charge is 2.48. The van der Waals surface area contributed by atoms with Crippen molar-refractivity contribution in [2.45, 2.75) is 13.0 Å². The van der Waals surface area contributed by atoms with E-state index in [1.807, 2.05) is 25.1 Å². The molecule has 0 saturated carbocycles. The van der Waals surface area contributed by atoms with Crippen LogP contribution in [0.15, 0.2) is 58.6 Å². The van der Waals surface area contributed by atoms with Crippen molar-refractivity contribution in [3.05, 3.63) is 75.3 Å². The molecule has 1 atom stereocenters. The molecule has 1 unspecified atom stereocenters. The Morgan fingerprint density at radius 1 is 1.10 bits per heavy atom. The van der Waals surface area contributed by atoms with Crippen LogP contribution in [0.1, 0.15) is 22.7 Å². The van der Waals surface area contributed by atoms with Crippen LogP contribution in [0.4, 0.5) is 5.13 Å². The number of ether oxygens (including phenoxy) is 3. The first-order valence-electron chi connectivity index (χ1n) is 11.9. The number of aryl methyl sites for hydroxylation is 1. The Morgan fingerprint density at radius 2 is 1.87 bits per heavy atom. The lowest BCUT2D eigenvalue weighted by Crippen LogP contribution is -2.29. The second-order valence-corrected chi connectivity index (χ2v) is 10.9. The number of carbonyl (C=O) groups excluding carboxylic acids is 2. The van der Waals surface area contributed by atoms with E-state index in [0.717, 1.165) is 10.3 Å². The van der Waals surface area contributed by atoms with Gasteiger partial charge in [0.2, 0.25) is 0 Å². The summed E-state index contributed by atoms with van der Waals surface area (Å²) in [6.45, 7) is 2.71. The first-order valence-corrected chi connectivity index (χ1v) is 13.5. The van der Waals surface area contributed by atoms with Crippen molar-refractivity contribution in [2.75, 3.05) is 25.2 Å². The number of Topliss-reactive ketones (excluding diaryl/α,β-unsaturated/α-hetero) is 1. The van der Waals surface area contributed by atoms with Crippen LogP contribution in [0.3, 0.4) is 0 Å². The highest BCUT2D eigenvalue weighted by Crippen LogP contribution is 2.47. The van der Waals surface area contributed by atoms with E-state index in [9.17, 15) is 19.8 Å². The smallest absolute Gasteiger partial charge is 0.301 e. The van der Waals surface area contributed by atoms with E-state index in [0.29, 0.717) is 45.4 Å². The summed E-state index contributed by atoms with van der Waals surface area (Å²) in [6, 6.07) is 12.6. The fraction of sp³-hybridized carbons (Fsp3) is 0.179. The molecule has 1 amide bonds. The molecule has 2 aliphatic rings. The first kappa shape index (κ1) is 25.2. The number of anilines is 1. The van der Waals surface area contributed by atoms with E-state index >= 15 is 0 Å². The molecule has 198 valence electrons. The van der Waals surface area contributed by atoms with Crippen LogP contribution in [0.5, 0.6) is 23.0 Å². The predicted molar refractivity (Wildman–Crippen MR) is 149 cm³/mol. The van der Waals surface area contributed by atoms with Gasteiger partial charge in [0, 0.05) is 5.56 Å². The van der Waals surface area contributed by atoms with Gasteiger partial charge in [0.05, 0.1) is 33.4 Å². The number of phenolic OH excluding ortho intramolecular Hbond substituents is 1. The molecule has 6 rings (SSSR count). The van der Waals surface area contributed by atoms with Crippen molar-refractivity contribution in [3.63, 3.8) is 0 Å². The molecule has 11 heteroatoms. The van der Waals surface area contributed by atoms with Gasteiger partial charge in [-0.15, -0.1) is 0 Å². The minimum atomic E-state index is -1.06. The Morgan fingerprint density at radius 3 is 2.64 bits per heavy atom. The van der Waals surface area contributed by atoms with Gasteiger partial charge in [-0.25, -0.2) is 4.98 Å². The molecular formula is C28H21BrN2O7S. The molecule has 0 radical (unpaired) electrons. The molecule has 9 nitrogen and oxygen atoms in total. The number of methoxy groups -OCH3 is 1. The number of hydrogen-bond donors (Lipinski definition) is 2. The third-order valence-corrected chi connectivity index (χ3v) is 8.21. The lowest BCUT2D eigenvalue weighted by atomic mass is 9.95. The van der Waals surface area contributed by atoms with Crippen molar-refractivity contribution in [3.8, 4) is 23.0 Å². The normalized spacial score (nSPS) is 18.1. The van der Waals surface area contributed by atoms with Crippen LogP contribution < -0.4 is 19.1 Å². The Labute approximate surface area is 235 Å². The number of carbonyl (C=O) groups is 2. The molecule has 39 heavy (non-hydrogen) atoms. The third kappa shape index (κ3) is 4.18. The van der Waals surface area contributed by atoms with Crippen LogP contribution in [0.25, 0.3) is 16.0 Å². The molecule has 0 spiro atoms. The summed E-state index contributed by atoms with van der Waals surface area (Å²) in [5.41, 5.74) is 2.28. The minimum absolute atomic E-state index is 0.129. The zero-order valence-corrected chi connectivity index (χ0v) is 23.1. The number of amides is 1. The van der Waals surface area contributed by atoms with Crippen LogP contribution >= 0.6 is 27.3 Å². The molecule has 1 aromatic heterocycles. The van der Waals surface area contributed by atoms with Gasteiger partial charge in [-0.2, -0.15) is 0 Å². The van der Waals surface area contributed by atoms with Crippen LogP contribution in [0, 0.1) is 6.92 Å². The molecule has 3 aromatic carbocycles. The van der Waals surface area contributed by atoms with Crippen molar-refractivity contribution in [1.29, 1.82) is 0 Å². The average Bonchev–Trinajstić information content (AvgIpc) is 3.46. The highest BCUT2D eigenvalue weighted by atomic mass is 79.9. The molecule has 3 heterocycles. The SMILES string of the molecule is COc1cc(C2C(=C(O)c3ccc4c(c3)OCCO4)C(=O)C(=O)N2c2nc3ccc(C)cc3s2)cc(Br)c1O. The van der Waals surface area contributed by atoms with Gasteiger partial charge in [-0.3, -0.25) is 14.5 Å². The number of aromatic nitrogens is 1. The minimum Gasteiger partial charge on any atom is -0.507 e. The summed E-state index contributed by atoms with van der Waals surface area (Å²) in [4.78, 5) is 33.1. The van der Waals surface area contributed by atoms with Crippen molar-refractivity contribution in [2.24, 2.45) is 0 Å². The lowest BCUT2D eigenvalue weighted by Gasteiger charge is -2.24. The Bertz CT molecular complexity index is 1710. The van der Waals surface area contributed by atoms with Crippen LogP contribution in [-0.2, 0) is 9.59 Å². The van der Waals surface area contributed by atoms with E-state index < -0.39 is 17.7 Å². The number of hydrogen-bond acceptors (Lipinski definition) is 9. The number of rotatable bonds is 4. The van der Waals surface area contributed by atoms with Gasteiger partial charge in [0.1, 0.15) is 19.0 Å². The summed E-state index contributed by atoms with van der Waals surface area (Å²) in [5, 5.41) is 22.2. The van der Waals surface area contributed by atoms with Crippen LogP contribution in [0.2, 0.25) is 0 Å². The standard InChI is InChI=1S/C28H21BrN2O7S/c1-13-3-5-17-21(9-13)39-28(30-17)31-23(15-10-16(29)25(33)20(12-15)36-2)22(26(34)27(31)35)24(32)14-4-6-18-19(11-14)38-8-7-37-18/h3-6,9-12,23,32-33H,7-8H2,1-2H3. The number of nitrogens with zero attached hydrogens (tertiary/aromatic N) is 2. The van der Waals surface area contributed by atoms with E-state index in [1.54, 1.807) is 24.3 Å². The molecule has 1 saturated heterocycles. The van der Waals surface area contributed by atoms with Crippen molar-refractivity contribution >= 4 is 60.1 Å². The van der Waals surface area contributed by atoms with Gasteiger partial charge >= 0.3 is 5.91 Å². The second-order valence-electron chi connectivity index (χ2n) is 9.05. The zero-order valence-electron chi connectivity index (χ0n) is 20.7. The number of aromatic hydroxyl groups is 1.